The lowest BCUT2D eigenvalue weighted by Gasteiger charge is -2.21. The van der Waals surface area contributed by atoms with Crippen molar-refractivity contribution in [3.8, 4) is 11.5 Å². The van der Waals surface area contributed by atoms with Gasteiger partial charge < -0.3 is 20.1 Å². The summed E-state index contributed by atoms with van der Waals surface area (Å²) in [5.74, 6) is 1.70. The summed E-state index contributed by atoms with van der Waals surface area (Å²) in [6.45, 7) is 6.21. The van der Waals surface area contributed by atoms with Crippen LogP contribution in [0.3, 0.4) is 0 Å². The van der Waals surface area contributed by atoms with Crippen molar-refractivity contribution in [3.05, 3.63) is 71.0 Å². The number of rotatable bonds is 5. The summed E-state index contributed by atoms with van der Waals surface area (Å²) in [4.78, 5) is 34.9. The van der Waals surface area contributed by atoms with Crippen LogP contribution in [0.2, 0.25) is 5.02 Å². The van der Waals surface area contributed by atoms with Crippen LogP contribution in [0.1, 0.15) is 43.1 Å². The zero-order valence-electron chi connectivity index (χ0n) is 21.0. The van der Waals surface area contributed by atoms with Crippen LogP contribution in [0.25, 0.3) is 6.08 Å². The zero-order valence-corrected chi connectivity index (χ0v) is 21.8. The number of hydrogen-bond acceptors (Lipinski definition) is 7. The average Bonchev–Trinajstić information content (AvgIpc) is 3.08. The van der Waals surface area contributed by atoms with E-state index in [9.17, 15) is 9.59 Å². The molecule has 10 heteroatoms. The fourth-order valence-corrected chi connectivity index (χ4v) is 3.91. The Morgan fingerprint density at radius 2 is 1.92 bits per heavy atom. The van der Waals surface area contributed by atoms with E-state index in [1.54, 1.807) is 42.5 Å². The molecule has 0 radical (unpaired) electrons. The first kappa shape index (κ1) is 26.0. The Labute approximate surface area is 220 Å². The van der Waals surface area contributed by atoms with Crippen molar-refractivity contribution < 1.29 is 19.1 Å². The van der Waals surface area contributed by atoms with Crippen molar-refractivity contribution in [3.63, 3.8) is 0 Å². The van der Waals surface area contributed by atoms with Crippen LogP contribution < -0.4 is 20.3 Å². The van der Waals surface area contributed by atoms with Crippen LogP contribution in [0.4, 0.5) is 22.1 Å². The normalized spacial score (nSPS) is 12.8. The molecule has 4 rings (SSSR count). The molecule has 2 N–H and O–H groups in total. The molecular weight excluding hydrogens is 494 g/mol. The fraction of sp³-hybridized carbons (Fsp3) is 0.259. The van der Waals surface area contributed by atoms with Gasteiger partial charge in [-0.3, -0.25) is 9.69 Å². The van der Waals surface area contributed by atoms with Crippen LogP contribution in [-0.2, 0) is 4.74 Å². The van der Waals surface area contributed by atoms with Gasteiger partial charge in [0.25, 0.3) is 5.91 Å². The Morgan fingerprint density at radius 3 is 2.65 bits per heavy atom. The lowest BCUT2D eigenvalue weighted by atomic mass is 10.1. The van der Waals surface area contributed by atoms with Crippen molar-refractivity contribution in [2.24, 2.45) is 0 Å². The van der Waals surface area contributed by atoms with E-state index in [1.165, 1.54) is 18.3 Å². The molecule has 192 valence electrons. The largest absolute Gasteiger partial charge is 0.456 e. The molecular formula is C27H28ClN5O4. The molecule has 37 heavy (non-hydrogen) atoms. The number of nitrogens with zero attached hydrogens (tertiary/aromatic N) is 3. The van der Waals surface area contributed by atoms with Crippen molar-refractivity contribution in [1.82, 2.24) is 15.3 Å². The van der Waals surface area contributed by atoms with E-state index in [-0.39, 0.29) is 11.4 Å². The molecule has 3 aromatic rings. The number of halogens is 1. The van der Waals surface area contributed by atoms with Gasteiger partial charge in [0, 0.05) is 23.3 Å². The number of hydrogen-bond donors (Lipinski definition) is 2. The van der Waals surface area contributed by atoms with Crippen LogP contribution in [-0.4, -0.2) is 41.2 Å². The third kappa shape index (κ3) is 6.37. The van der Waals surface area contributed by atoms with Crippen molar-refractivity contribution in [1.29, 1.82) is 0 Å². The van der Waals surface area contributed by atoms with Gasteiger partial charge in [-0.05, 0) is 63.6 Å². The number of fused-ring (bicyclic) bond motifs is 1. The first-order valence-corrected chi connectivity index (χ1v) is 12.1. The molecule has 1 aromatic heterocycles. The van der Waals surface area contributed by atoms with E-state index >= 15 is 0 Å². The van der Waals surface area contributed by atoms with E-state index in [1.807, 2.05) is 32.9 Å². The third-order valence-electron chi connectivity index (χ3n) is 5.32. The first-order chi connectivity index (χ1) is 17.6. The number of carbonyl (C=O) groups is 2. The number of aromatic nitrogens is 2. The molecule has 2 heterocycles. The summed E-state index contributed by atoms with van der Waals surface area (Å²) < 4.78 is 10.9. The molecule has 1 aliphatic rings. The molecule has 9 nitrogen and oxygen atoms in total. The maximum absolute atomic E-state index is 12.5. The zero-order chi connectivity index (χ0) is 26.6. The third-order valence-corrected chi connectivity index (χ3v) is 5.62. The Hall–Kier alpha value is -4.11. The van der Waals surface area contributed by atoms with Crippen LogP contribution in [0.15, 0.2) is 54.9 Å². The summed E-state index contributed by atoms with van der Waals surface area (Å²) in [5, 5.41) is 6.54. The smallest absolute Gasteiger partial charge is 0.415 e. The summed E-state index contributed by atoms with van der Waals surface area (Å²) in [7, 11) is 1.34. The van der Waals surface area contributed by atoms with Gasteiger partial charge in [-0.15, -0.1) is 0 Å². The van der Waals surface area contributed by atoms with Crippen LogP contribution in [0, 0.1) is 0 Å². The van der Waals surface area contributed by atoms with Gasteiger partial charge in [-0.25, -0.2) is 14.8 Å². The molecule has 0 fully saturated rings. The topological polar surface area (TPSA) is 106 Å². The van der Waals surface area contributed by atoms with Gasteiger partial charge in [-0.1, -0.05) is 29.8 Å². The number of carbonyl (C=O) groups excluding carboxylic acids is 2. The molecule has 0 bridgehead atoms. The second kappa shape index (κ2) is 10.9. The SMILES string of the molecule is COC(=O)N1CCC=Cc2c(Nc3ccc(Oc4cccc(C(=O)NC(C)(C)C)c4)c(Cl)c3)ncnc21. The second-order valence-corrected chi connectivity index (χ2v) is 9.78. The molecule has 0 saturated carbocycles. The van der Waals surface area contributed by atoms with E-state index in [4.69, 9.17) is 21.1 Å². The van der Waals surface area contributed by atoms with Crippen molar-refractivity contribution >= 4 is 47.0 Å². The number of amides is 2. The number of benzene rings is 2. The number of nitrogens with one attached hydrogen (secondary N) is 2. The Bertz CT molecular complexity index is 1350. The quantitative estimate of drug-likeness (QED) is 0.412. The Balaban J connectivity index is 1.53. The minimum atomic E-state index is -0.487. The molecule has 0 aliphatic carbocycles. The minimum absolute atomic E-state index is 0.188. The van der Waals surface area contributed by atoms with Gasteiger partial charge in [-0.2, -0.15) is 0 Å². The predicted octanol–water partition coefficient (Wildman–Crippen LogP) is 6.18. The summed E-state index contributed by atoms with van der Waals surface area (Å²) in [5.41, 5.74) is 1.46. The summed E-state index contributed by atoms with van der Waals surface area (Å²) in [6, 6.07) is 12.1. The molecule has 0 spiro atoms. The molecule has 0 unspecified atom stereocenters. The molecule has 2 amide bonds. The Kier molecular flexibility index (Phi) is 7.63. The summed E-state index contributed by atoms with van der Waals surface area (Å²) in [6.07, 6.45) is 5.39. The van der Waals surface area contributed by atoms with Crippen molar-refractivity contribution in [2.45, 2.75) is 32.7 Å². The van der Waals surface area contributed by atoms with Crippen LogP contribution >= 0.6 is 11.6 Å². The minimum Gasteiger partial charge on any atom is -0.456 e. The van der Waals surface area contributed by atoms with E-state index in [2.05, 4.69) is 20.6 Å². The van der Waals surface area contributed by atoms with Gasteiger partial charge in [0.05, 0.1) is 17.7 Å². The number of methoxy groups -OCH3 is 1. The van der Waals surface area contributed by atoms with E-state index in [0.717, 1.165) is 0 Å². The Morgan fingerprint density at radius 1 is 1.11 bits per heavy atom. The molecule has 0 atom stereocenters. The molecule has 1 aliphatic heterocycles. The monoisotopic (exact) mass is 521 g/mol. The van der Waals surface area contributed by atoms with Gasteiger partial charge >= 0.3 is 6.09 Å². The second-order valence-electron chi connectivity index (χ2n) is 9.38. The molecule has 0 saturated heterocycles. The first-order valence-electron chi connectivity index (χ1n) is 11.7. The highest BCUT2D eigenvalue weighted by Gasteiger charge is 2.24. The predicted molar refractivity (Wildman–Crippen MR) is 144 cm³/mol. The van der Waals surface area contributed by atoms with Crippen LogP contribution in [0.5, 0.6) is 11.5 Å². The van der Waals surface area contributed by atoms with Gasteiger partial charge in [0.2, 0.25) is 0 Å². The lowest BCUT2D eigenvalue weighted by Crippen LogP contribution is -2.40. The highest BCUT2D eigenvalue weighted by atomic mass is 35.5. The number of ether oxygens (including phenoxy) is 2. The molecule has 2 aromatic carbocycles. The fourth-order valence-electron chi connectivity index (χ4n) is 3.69. The highest BCUT2D eigenvalue weighted by Crippen LogP contribution is 2.35. The standard InChI is InChI=1S/C27H28ClN5O4/c1-27(2,3)32-25(34)17-8-7-9-19(14-17)37-22-12-11-18(15-21(22)28)31-23-20-10-5-6-13-33(26(35)36-4)24(20)30-16-29-23/h5,7-12,14-16H,6,13H2,1-4H3,(H,32,34)(H,29,30,31). The summed E-state index contributed by atoms with van der Waals surface area (Å²) >= 11 is 6.53. The number of anilines is 3. The van der Waals surface area contributed by atoms with E-state index < -0.39 is 6.09 Å². The maximum Gasteiger partial charge on any atom is 0.415 e. The maximum atomic E-state index is 12.5. The van der Waals surface area contributed by atoms with Crippen molar-refractivity contribution in [2.75, 3.05) is 23.9 Å². The lowest BCUT2D eigenvalue weighted by molar-refractivity contribution is 0.0919. The van der Waals surface area contributed by atoms with Gasteiger partial charge in [0.1, 0.15) is 23.6 Å². The van der Waals surface area contributed by atoms with Gasteiger partial charge in [0.15, 0.2) is 5.82 Å². The highest BCUT2D eigenvalue weighted by molar-refractivity contribution is 6.32. The van der Waals surface area contributed by atoms with E-state index in [0.29, 0.717) is 57.9 Å². The average molecular weight is 522 g/mol.